The van der Waals surface area contributed by atoms with E-state index < -0.39 is 0 Å². The van der Waals surface area contributed by atoms with Gasteiger partial charge in [-0.2, -0.15) is 0 Å². The van der Waals surface area contributed by atoms with Crippen molar-refractivity contribution in [2.75, 3.05) is 0 Å². The Morgan fingerprint density at radius 1 is 1.10 bits per heavy atom. The van der Waals surface area contributed by atoms with Gasteiger partial charge in [-0.3, -0.25) is 4.98 Å². The first-order chi connectivity index (χ1) is 9.72. The van der Waals surface area contributed by atoms with Crippen molar-refractivity contribution in [2.24, 2.45) is 0 Å². The Labute approximate surface area is 120 Å². The highest BCUT2D eigenvalue weighted by Crippen LogP contribution is 2.20. The summed E-state index contributed by atoms with van der Waals surface area (Å²) in [4.78, 5) is 4.29. The van der Waals surface area contributed by atoms with E-state index in [0.29, 0.717) is 16.3 Å². The average Bonchev–Trinajstić information content (AvgIpc) is 2.48. The van der Waals surface area contributed by atoms with E-state index in [-0.39, 0.29) is 12.4 Å². The summed E-state index contributed by atoms with van der Waals surface area (Å²) in [5, 5.41) is 1.47. The average molecular weight is 288 g/mol. The minimum Gasteiger partial charge on any atom is -0.487 e. The molecule has 20 heavy (non-hydrogen) atoms. The molecule has 2 nitrogen and oxygen atoms in total. The van der Waals surface area contributed by atoms with Gasteiger partial charge >= 0.3 is 0 Å². The largest absolute Gasteiger partial charge is 0.487 e. The summed E-state index contributed by atoms with van der Waals surface area (Å²) in [7, 11) is 0. The molecule has 1 heterocycles. The minimum absolute atomic E-state index is 0.117. The fraction of sp³-hybridized carbons (Fsp3) is 0.0625. The molecule has 1 aromatic heterocycles. The maximum absolute atomic E-state index is 13.6. The Balaban J connectivity index is 1.81. The standard InChI is InChI=1S/C16H11ClFNO/c17-13-5-6-15(18)12(7-13)10-20-14-8-11-3-1-2-4-16(11)19-9-14/h1-9H,10H2. The lowest BCUT2D eigenvalue weighted by atomic mass is 10.2. The SMILES string of the molecule is Fc1ccc(Cl)cc1COc1cnc2ccccc2c1. The second kappa shape index (κ2) is 5.47. The number of nitrogens with zero attached hydrogens (tertiary/aromatic N) is 1. The van der Waals surface area contributed by atoms with Crippen LogP contribution in [-0.2, 0) is 6.61 Å². The molecule has 0 aliphatic carbocycles. The predicted molar refractivity (Wildman–Crippen MR) is 77.5 cm³/mol. The monoisotopic (exact) mass is 287 g/mol. The van der Waals surface area contributed by atoms with E-state index >= 15 is 0 Å². The topological polar surface area (TPSA) is 22.1 Å². The summed E-state index contributed by atoms with van der Waals surface area (Å²) in [6, 6.07) is 14.0. The molecule has 0 N–H and O–H groups in total. The molecule has 0 saturated heterocycles. The second-order valence-electron chi connectivity index (χ2n) is 4.39. The molecular formula is C16H11ClFNO. The number of hydrogen-bond acceptors (Lipinski definition) is 2. The van der Waals surface area contributed by atoms with E-state index in [1.165, 1.54) is 12.1 Å². The fourth-order valence-corrected chi connectivity index (χ4v) is 2.14. The number of benzene rings is 2. The van der Waals surface area contributed by atoms with E-state index in [1.54, 1.807) is 12.3 Å². The molecule has 3 rings (SSSR count). The van der Waals surface area contributed by atoms with Crippen molar-refractivity contribution in [3.05, 3.63) is 71.1 Å². The van der Waals surface area contributed by atoms with Crippen LogP contribution < -0.4 is 4.74 Å². The van der Waals surface area contributed by atoms with Gasteiger partial charge in [0.25, 0.3) is 0 Å². The fourth-order valence-electron chi connectivity index (χ4n) is 1.94. The zero-order chi connectivity index (χ0) is 13.9. The van der Waals surface area contributed by atoms with Gasteiger partial charge in [0, 0.05) is 16.0 Å². The Bertz CT molecular complexity index is 760. The number of rotatable bonds is 3. The lowest BCUT2D eigenvalue weighted by Crippen LogP contribution is -1.99. The van der Waals surface area contributed by atoms with Crippen LogP contribution in [0.5, 0.6) is 5.75 Å². The third-order valence-electron chi connectivity index (χ3n) is 2.97. The normalized spacial score (nSPS) is 10.7. The van der Waals surface area contributed by atoms with Gasteiger partial charge in [-0.05, 0) is 30.3 Å². The molecule has 0 amide bonds. The minimum atomic E-state index is -0.330. The molecule has 0 fully saturated rings. The molecule has 0 aliphatic rings. The number of hydrogen-bond donors (Lipinski definition) is 0. The lowest BCUT2D eigenvalue weighted by Gasteiger charge is -2.08. The quantitative estimate of drug-likeness (QED) is 0.702. The third kappa shape index (κ3) is 2.73. The van der Waals surface area contributed by atoms with E-state index in [1.807, 2.05) is 30.3 Å². The van der Waals surface area contributed by atoms with Crippen molar-refractivity contribution in [1.29, 1.82) is 0 Å². The maximum atomic E-state index is 13.6. The van der Waals surface area contributed by atoms with Crippen molar-refractivity contribution in [3.8, 4) is 5.75 Å². The van der Waals surface area contributed by atoms with Crippen molar-refractivity contribution < 1.29 is 9.13 Å². The maximum Gasteiger partial charge on any atom is 0.138 e. The summed E-state index contributed by atoms with van der Waals surface area (Å²) in [6.45, 7) is 0.117. The van der Waals surface area contributed by atoms with Gasteiger partial charge in [0.15, 0.2) is 0 Å². The number of halogens is 2. The van der Waals surface area contributed by atoms with Gasteiger partial charge in [-0.25, -0.2) is 4.39 Å². The van der Waals surface area contributed by atoms with Crippen LogP contribution in [0.1, 0.15) is 5.56 Å². The summed E-state index contributed by atoms with van der Waals surface area (Å²) < 4.78 is 19.1. The molecule has 0 aliphatic heterocycles. The highest BCUT2D eigenvalue weighted by molar-refractivity contribution is 6.30. The molecule has 3 aromatic rings. The van der Waals surface area contributed by atoms with Gasteiger partial charge in [0.1, 0.15) is 18.2 Å². The Hall–Kier alpha value is -2.13. The highest BCUT2D eigenvalue weighted by Gasteiger charge is 2.05. The van der Waals surface area contributed by atoms with Crippen LogP contribution in [0.2, 0.25) is 5.02 Å². The summed E-state index contributed by atoms with van der Waals surface area (Å²) in [6.07, 6.45) is 1.63. The summed E-state index contributed by atoms with van der Waals surface area (Å²) in [5.74, 6) is 0.270. The molecule has 100 valence electrons. The van der Waals surface area contributed by atoms with Crippen LogP contribution in [0, 0.1) is 5.82 Å². The van der Waals surface area contributed by atoms with Crippen molar-refractivity contribution in [3.63, 3.8) is 0 Å². The van der Waals surface area contributed by atoms with Gasteiger partial charge in [0.2, 0.25) is 0 Å². The zero-order valence-electron chi connectivity index (χ0n) is 10.5. The van der Waals surface area contributed by atoms with Gasteiger partial charge in [0.05, 0.1) is 11.7 Å². The Kier molecular flexibility index (Phi) is 3.52. The highest BCUT2D eigenvalue weighted by atomic mass is 35.5. The van der Waals surface area contributed by atoms with Gasteiger partial charge < -0.3 is 4.74 Å². The van der Waals surface area contributed by atoms with E-state index in [9.17, 15) is 4.39 Å². The molecule has 0 saturated carbocycles. The first kappa shape index (κ1) is 12.9. The van der Waals surface area contributed by atoms with Crippen LogP contribution in [0.15, 0.2) is 54.7 Å². The van der Waals surface area contributed by atoms with Crippen LogP contribution in [-0.4, -0.2) is 4.98 Å². The Morgan fingerprint density at radius 2 is 1.95 bits per heavy atom. The summed E-state index contributed by atoms with van der Waals surface area (Å²) >= 11 is 5.84. The molecule has 0 radical (unpaired) electrons. The molecule has 0 unspecified atom stereocenters. The Morgan fingerprint density at radius 3 is 2.85 bits per heavy atom. The van der Waals surface area contributed by atoms with Crippen LogP contribution in [0.3, 0.4) is 0 Å². The molecule has 0 spiro atoms. The van der Waals surface area contributed by atoms with Crippen molar-refractivity contribution >= 4 is 22.5 Å². The first-order valence-electron chi connectivity index (χ1n) is 6.14. The number of aromatic nitrogens is 1. The first-order valence-corrected chi connectivity index (χ1v) is 6.52. The smallest absolute Gasteiger partial charge is 0.138 e. The summed E-state index contributed by atoms with van der Waals surface area (Å²) in [5.41, 5.74) is 1.32. The predicted octanol–water partition coefficient (Wildman–Crippen LogP) is 4.61. The van der Waals surface area contributed by atoms with Gasteiger partial charge in [-0.1, -0.05) is 29.8 Å². The van der Waals surface area contributed by atoms with Crippen molar-refractivity contribution in [2.45, 2.75) is 6.61 Å². The number of fused-ring (bicyclic) bond motifs is 1. The van der Waals surface area contributed by atoms with E-state index in [4.69, 9.17) is 16.3 Å². The number of ether oxygens (including phenoxy) is 1. The lowest BCUT2D eigenvalue weighted by molar-refractivity contribution is 0.299. The third-order valence-corrected chi connectivity index (χ3v) is 3.20. The molecule has 0 atom stereocenters. The second-order valence-corrected chi connectivity index (χ2v) is 4.82. The van der Waals surface area contributed by atoms with Crippen molar-refractivity contribution in [1.82, 2.24) is 4.98 Å². The molecule has 2 aromatic carbocycles. The molecule has 4 heteroatoms. The van der Waals surface area contributed by atoms with Crippen LogP contribution >= 0.6 is 11.6 Å². The zero-order valence-corrected chi connectivity index (χ0v) is 11.3. The van der Waals surface area contributed by atoms with E-state index in [2.05, 4.69) is 4.98 Å². The number of para-hydroxylation sites is 1. The van der Waals surface area contributed by atoms with Gasteiger partial charge in [-0.15, -0.1) is 0 Å². The van der Waals surface area contributed by atoms with E-state index in [0.717, 1.165) is 10.9 Å². The molecule has 0 bridgehead atoms. The van der Waals surface area contributed by atoms with Crippen LogP contribution in [0.4, 0.5) is 4.39 Å². The van der Waals surface area contributed by atoms with Crippen LogP contribution in [0.25, 0.3) is 10.9 Å². The molecular weight excluding hydrogens is 277 g/mol. The number of pyridine rings is 1.